The van der Waals surface area contributed by atoms with Crippen molar-refractivity contribution in [2.75, 3.05) is 0 Å². The van der Waals surface area contributed by atoms with Crippen LogP contribution in [0.3, 0.4) is 0 Å². The van der Waals surface area contributed by atoms with E-state index < -0.39 is 12.1 Å². The van der Waals surface area contributed by atoms with Gasteiger partial charge < -0.3 is 14.6 Å². The van der Waals surface area contributed by atoms with E-state index in [0.29, 0.717) is 28.1 Å². The lowest BCUT2D eigenvalue weighted by Gasteiger charge is -2.25. The smallest absolute Gasteiger partial charge is 0.139 e. The Morgan fingerprint density at radius 2 is 2.05 bits per heavy atom. The molecular formula is C16H21Cl2O3-. The second-order valence-electron chi connectivity index (χ2n) is 5.15. The SMILES string of the molecule is CCCCC(CC)CC(Oc1ccc(Cl)cc1Cl)C(=O)[O-]. The highest BCUT2D eigenvalue weighted by Gasteiger charge is 2.19. The third-order valence-corrected chi connectivity index (χ3v) is 4.05. The Bertz CT molecular complexity index is 463. The monoisotopic (exact) mass is 331 g/mol. The van der Waals surface area contributed by atoms with E-state index in [4.69, 9.17) is 27.9 Å². The summed E-state index contributed by atoms with van der Waals surface area (Å²) < 4.78 is 5.52. The average molecular weight is 332 g/mol. The third kappa shape index (κ3) is 6.15. The van der Waals surface area contributed by atoms with Crippen LogP contribution >= 0.6 is 23.2 Å². The number of ether oxygens (including phenoxy) is 1. The van der Waals surface area contributed by atoms with E-state index in [0.717, 1.165) is 25.7 Å². The fraction of sp³-hybridized carbons (Fsp3) is 0.562. The van der Waals surface area contributed by atoms with E-state index in [9.17, 15) is 9.90 Å². The van der Waals surface area contributed by atoms with Crippen molar-refractivity contribution in [3.05, 3.63) is 28.2 Å². The molecule has 1 aromatic carbocycles. The molecule has 0 radical (unpaired) electrons. The van der Waals surface area contributed by atoms with Crippen molar-refractivity contribution in [1.82, 2.24) is 0 Å². The minimum absolute atomic E-state index is 0.301. The number of carboxylic acid groups (broad SMARTS) is 1. The largest absolute Gasteiger partial charge is 0.546 e. The molecule has 0 heterocycles. The summed E-state index contributed by atoms with van der Waals surface area (Å²) >= 11 is 11.8. The lowest BCUT2D eigenvalue weighted by molar-refractivity contribution is -0.314. The van der Waals surface area contributed by atoms with Crippen molar-refractivity contribution in [3.63, 3.8) is 0 Å². The number of carbonyl (C=O) groups is 1. The molecule has 0 aliphatic rings. The van der Waals surface area contributed by atoms with Gasteiger partial charge in [-0.25, -0.2) is 0 Å². The zero-order valence-electron chi connectivity index (χ0n) is 12.4. The molecule has 0 aromatic heterocycles. The topological polar surface area (TPSA) is 49.4 Å². The molecule has 21 heavy (non-hydrogen) atoms. The normalized spacial score (nSPS) is 13.7. The maximum absolute atomic E-state index is 11.3. The van der Waals surface area contributed by atoms with Crippen molar-refractivity contribution in [2.24, 2.45) is 5.92 Å². The van der Waals surface area contributed by atoms with Gasteiger partial charge in [-0.3, -0.25) is 0 Å². The van der Waals surface area contributed by atoms with Crippen LogP contribution < -0.4 is 9.84 Å². The highest BCUT2D eigenvalue weighted by atomic mass is 35.5. The molecule has 0 aliphatic carbocycles. The summed E-state index contributed by atoms with van der Waals surface area (Å²) in [7, 11) is 0. The number of aliphatic carboxylic acids is 1. The number of hydrogen-bond acceptors (Lipinski definition) is 3. The van der Waals surface area contributed by atoms with Gasteiger partial charge in [-0.05, 0) is 30.5 Å². The molecule has 0 saturated carbocycles. The van der Waals surface area contributed by atoms with Crippen molar-refractivity contribution in [1.29, 1.82) is 0 Å². The Balaban J connectivity index is 2.75. The average Bonchev–Trinajstić information content (AvgIpc) is 2.44. The summed E-state index contributed by atoms with van der Waals surface area (Å²) in [4.78, 5) is 11.3. The van der Waals surface area contributed by atoms with Crippen LogP contribution in [0.25, 0.3) is 0 Å². The minimum atomic E-state index is -1.21. The summed E-state index contributed by atoms with van der Waals surface area (Å²) in [6.45, 7) is 4.18. The Morgan fingerprint density at radius 1 is 1.33 bits per heavy atom. The van der Waals surface area contributed by atoms with E-state index in [-0.39, 0.29) is 0 Å². The molecule has 0 fully saturated rings. The molecule has 118 valence electrons. The molecule has 3 nitrogen and oxygen atoms in total. The number of halogens is 2. The number of hydrogen-bond donors (Lipinski definition) is 0. The molecule has 0 saturated heterocycles. The molecular weight excluding hydrogens is 311 g/mol. The third-order valence-electron chi connectivity index (χ3n) is 3.52. The first-order valence-corrected chi connectivity index (χ1v) is 8.06. The molecule has 0 amide bonds. The second kappa shape index (κ2) is 9.16. The molecule has 2 unspecified atom stereocenters. The first-order valence-electron chi connectivity index (χ1n) is 7.30. The van der Waals surface area contributed by atoms with E-state index in [1.165, 1.54) is 6.07 Å². The fourth-order valence-electron chi connectivity index (χ4n) is 2.20. The van der Waals surface area contributed by atoms with Crippen LogP contribution in [0.15, 0.2) is 18.2 Å². The first kappa shape index (κ1) is 18.1. The van der Waals surface area contributed by atoms with E-state index >= 15 is 0 Å². The molecule has 2 atom stereocenters. The van der Waals surface area contributed by atoms with Gasteiger partial charge >= 0.3 is 0 Å². The zero-order valence-corrected chi connectivity index (χ0v) is 13.9. The molecule has 0 spiro atoms. The maximum Gasteiger partial charge on any atom is 0.139 e. The number of carbonyl (C=O) groups excluding carboxylic acids is 1. The highest BCUT2D eigenvalue weighted by Crippen LogP contribution is 2.30. The maximum atomic E-state index is 11.3. The number of rotatable bonds is 9. The van der Waals surface area contributed by atoms with Gasteiger partial charge in [0.05, 0.1) is 11.0 Å². The van der Waals surface area contributed by atoms with Crippen LogP contribution in [0.2, 0.25) is 10.0 Å². The van der Waals surface area contributed by atoms with Gasteiger partial charge in [-0.1, -0.05) is 62.7 Å². The Labute approximate surface area is 136 Å². The number of unbranched alkanes of at least 4 members (excludes halogenated alkanes) is 1. The summed E-state index contributed by atoms with van der Waals surface area (Å²) in [5.41, 5.74) is 0. The van der Waals surface area contributed by atoms with Gasteiger partial charge in [0.2, 0.25) is 0 Å². The summed E-state index contributed by atoms with van der Waals surface area (Å²) in [6.07, 6.45) is 3.52. The van der Waals surface area contributed by atoms with Gasteiger partial charge in [0.25, 0.3) is 0 Å². The van der Waals surface area contributed by atoms with Gasteiger partial charge in [-0.15, -0.1) is 0 Å². The molecule has 1 aromatic rings. The number of benzene rings is 1. The van der Waals surface area contributed by atoms with E-state index in [1.54, 1.807) is 12.1 Å². The predicted octanol–water partition coefficient (Wildman–Crippen LogP) is 4.10. The van der Waals surface area contributed by atoms with Crippen LogP contribution in [-0.4, -0.2) is 12.1 Å². The molecule has 0 N–H and O–H groups in total. The molecule has 1 rings (SSSR count). The van der Waals surface area contributed by atoms with Crippen molar-refractivity contribution >= 4 is 29.2 Å². The quantitative estimate of drug-likeness (QED) is 0.684. The Morgan fingerprint density at radius 3 is 2.57 bits per heavy atom. The lowest BCUT2D eigenvalue weighted by Crippen LogP contribution is -2.40. The van der Waals surface area contributed by atoms with Crippen molar-refractivity contribution in [2.45, 2.75) is 52.1 Å². The zero-order chi connectivity index (χ0) is 15.8. The summed E-state index contributed by atoms with van der Waals surface area (Å²) in [5.74, 6) is -0.587. The van der Waals surface area contributed by atoms with Crippen LogP contribution in [-0.2, 0) is 4.79 Å². The summed E-state index contributed by atoms with van der Waals surface area (Å²) in [6, 6.07) is 4.72. The Hall–Kier alpha value is -0.930. The lowest BCUT2D eigenvalue weighted by atomic mass is 9.93. The van der Waals surface area contributed by atoms with E-state index in [1.807, 2.05) is 0 Å². The first-order chi connectivity index (χ1) is 9.97. The van der Waals surface area contributed by atoms with Crippen molar-refractivity contribution in [3.8, 4) is 5.75 Å². The highest BCUT2D eigenvalue weighted by molar-refractivity contribution is 6.35. The van der Waals surface area contributed by atoms with E-state index in [2.05, 4.69) is 13.8 Å². The Kier molecular flexibility index (Phi) is 7.91. The number of carboxylic acids is 1. The molecule has 0 aliphatic heterocycles. The predicted molar refractivity (Wildman–Crippen MR) is 83.8 cm³/mol. The van der Waals surface area contributed by atoms with Crippen LogP contribution in [0.4, 0.5) is 0 Å². The fourth-order valence-corrected chi connectivity index (χ4v) is 2.65. The van der Waals surface area contributed by atoms with Crippen LogP contribution in [0.1, 0.15) is 46.0 Å². The van der Waals surface area contributed by atoms with Crippen LogP contribution in [0.5, 0.6) is 5.75 Å². The van der Waals surface area contributed by atoms with Gasteiger partial charge in [0.15, 0.2) is 0 Å². The molecule has 0 bridgehead atoms. The van der Waals surface area contributed by atoms with Crippen LogP contribution in [0, 0.1) is 5.92 Å². The molecule has 5 heteroatoms. The summed E-state index contributed by atoms with van der Waals surface area (Å²) in [5, 5.41) is 12.1. The van der Waals surface area contributed by atoms with Gasteiger partial charge in [0.1, 0.15) is 11.9 Å². The van der Waals surface area contributed by atoms with Gasteiger partial charge in [0, 0.05) is 5.02 Å². The standard InChI is InChI=1S/C16H22Cl2O3/c1-3-5-6-11(4-2)9-15(16(19)20)21-14-8-7-12(17)10-13(14)18/h7-8,10-11,15H,3-6,9H2,1-2H3,(H,19,20)/p-1. The van der Waals surface area contributed by atoms with Crippen molar-refractivity contribution < 1.29 is 14.6 Å². The second-order valence-corrected chi connectivity index (χ2v) is 6.00. The minimum Gasteiger partial charge on any atom is -0.546 e. The van der Waals surface area contributed by atoms with Gasteiger partial charge in [-0.2, -0.15) is 0 Å².